The van der Waals surface area contributed by atoms with E-state index in [1.165, 1.54) is 11.0 Å². The molecule has 0 fully saturated rings. The maximum atomic E-state index is 11.3. The number of carbonyl (C=O) groups excluding carboxylic acids is 1. The van der Waals surface area contributed by atoms with Crippen LogP contribution in [0.25, 0.3) is 0 Å². The number of para-hydroxylation sites is 1. The molecule has 20 heavy (non-hydrogen) atoms. The van der Waals surface area contributed by atoms with Crippen molar-refractivity contribution in [2.45, 2.75) is 0 Å². The number of nitrogen functional groups attached to an aromatic ring is 1. The second kappa shape index (κ2) is 7.14. The van der Waals surface area contributed by atoms with Crippen molar-refractivity contribution in [3.63, 3.8) is 0 Å². The standard InChI is InChI=1S/C11H18N6O3/c1-16(2)11(18)14-7-6-13-8-4-3-5-9(15-12)10(8)17(19)20/h3-5,13,15H,6-7,12H2,1-2H3,(H,14,18). The maximum absolute atomic E-state index is 11.3. The monoisotopic (exact) mass is 282 g/mol. The molecule has 1 rings (SSSR count). The predicted octanol–water partition coefficient (Wildman–Crippen LogP) is 0.564. The second-order valence-electron chi connectivity index (χ2n) is 4.16. The van der Waals surface area contributed by atoms with Crippen LogP contribution in [0.3, 0.4) is 0 Å². The number of urea groups is 1. The Labute approximate surface area is 116 Å². The summed E-state index contributed by atoms with van der Waals surface area (Å²) in [5.74, 6) is 5.24. The van der Waals surface area contributed by atoms with E-state index in [-0.39, 0.29) is 17.4 Å². The molecule has 0 saturated carbocycles. The topological polar surface area (TPSA) is 126 Å². The molecular weight excluding hydrogens is 264 g/mol. The van der Waals surface area contributed by atoms with Gasteiger partial charge in [0.25, 0.3) is 0 Å². The number of benzene rings is 1. The van der Waals surface area contributed by atoms with E-state index in [2.05, 4.69) is 16.1 Å². The summed E-state index contributed by atoms with van der Waals surface area (Å²) in [6.07, 6.45) is 0. The van der Waals surface area contributed by atoms with Gasteiger partial charge in [0.2, 0.25) is 0 Å². The van der Waals surface area contributed by atoms with Crippen molar-refractivity contribution in [2.24, 2.45) is 5.84 Å². The molecule has 0 atom stereocenters. The molecule has 0 aromatic heterocycles. The summed E-state index contributed by atoms with van der Waals surface area (Å²) in [6, 6.07) is 4.51. The zero-order valence-corrected chi connectivity index (χ0v) is 11.3. The molecular formula is C11H18N6O3. The number of hydrazine groups is 1. The van der Waals surface area contributed by atoms with Crippen LogP contribution in [0.5, 0.6) is 0 Å². The Morgan fingerprint density at radius 3 is 2.55 bits per heavy atom. The minimum Gasteiger partial charge on any atom is -0.378 e. The third-order valence-corrected chi connectivity index (χ3v) is 2.50. The molecule has 0 aliphatic carbocycles. The lowest BCUT2D eigenvalue weighted by Gasteiger charge is -2.13. The van der Waals surface area contributed by atoms with E-state index in [0.29, 0.717) is 18.8 Å². The number of rotatable bonds is 6. The van der Waals surface area contributed by atoms with E-state index in [1.54, 1.807) is 26.2 Å². The highest BCUT2D eigenvalue weighted by atomic mass is 16.6. The fraction of sp³-hybridized carbons (Fsp3) is 0.364. The van der Waals surface area contributed by atoms with Gasteiger partial charge in [-0.3, -0.25) is 16.0 Å². The van der Waals surface area contributed by atoms with Gasteiger partial charge in [-0.2, -0.15) is 0 Å². The minimum absolute atomic E-state index is 0.131. The number of nitrogens with zero attached hydrogens (tertiary/aromatic N) is 2. The maximum Gasteiger partial charge on any atom is 0.316 e. The van der Waals surface area contributed by atoms with Gasteiger partial charge in [-0.25, -0.2) is 4.79 Å². The Morgan fingerprint density at radius 1 is 1.35 bits per heavy atom. The third-order valence-electron chi connectivity index (χ3n) is 2.50. The number of nitro benzene ring substituents is 1. The summed E-state index contributed by atoms with van der Waals surface area (Å²) >= 11 is 0. The molecule has 9 heteroatoms. The molecule has 1 aromatic rings. The van der Waals surface area contributed by atoms with Crippen LogP contribution in [0.4, 0.5) is 21.9 Å². The van der Waals surface area contributed by atoms with Crippen molar-refractivity contribution in [1.29, 1.82) is 0 Å². The number of hydrogen-bond donors (Lipinski definition) is 4. The first kappa shape index (κ1) is 15.5. The zero-order valence-electron chi connectivity index (χ0n) is 11.3. The number of nitrogens with two attached hydrogens (primary N) is 1. The van der Waals surface area contributed by atoms with Gasteiger partial charge in [0.1, 0.15) is 11.4 Å². The third kappa shape index (κ3) is 3.99. The molecule has 1 aromatic carbocycles. The van der Waals surface area contributed by atoms with Gasteiger partial charge in [0, 0.05) is 27.2 Å². The Balaban J connectivity index is 2.64. The number of nitro groups is 1. The van der Waals surface area contributed by atoms with Crippen molar-refractivity contribution >= 4 is 23.1 Å². The van der Waals surface area contributed by atoms with E-state index in [1.807, 2.05) is 0 Å². The van der Waals surface area contributed by atoms with Crippen LogP contribution in [0.15, 0.2) is 18.2 Å². The summed E-state index contributed by atoms with van der Waals surface area (Å²) in [5.41, 5.74) is 2.71. The Hall–Kier alpha value is -2.55. The number of carbonyl (C=O) groups is 1. The summed E-state index contributed by atoms with van der Waals surface area (Å²) in [5, 5.41) is 16.6. The average Bonchev–Trinajstić information content (AvgIpc) is 2.42. The normalized spacial score (nSPS) is 9.75. The van der Waals surface area contributed by atoms with E-state index in [9.17, 15) is 14.9 Å². The van der Waals surface area contributed by atoms with Crippen molar-refractivity contribution in [3.05, 3.63) is 28.3 Å². The number of anilines is 2. The van der Waals surface area contributed by atoms with Crippen molar-refractivity contribution in [1.82, 2.24) is 10.2 Å². The Kier molecular flexibility index (Phi) is 5.54. The molecule has 5 N–H and O–H groups in total. The molecule has 0 radical (unpaired) electrons. The minimum atomic E-state index is -0.518. The fourth-order valence-corrected chi connectivity index (χ4v) is 1.52. The Bertz CT molecular complexity index is 491. The van der Waals surface area contributed by atoms with Crippen molar-refractivity contribution in [3.8, 4) is 0 Å². The van der Waals surface area contributed by atoms with Crippen LogP contribution >= 0.6 is 0 Å². The smallest absolute Gasteiger partial charge is 0.316 e. The molecule has 0 aliphatic rings. The molecule has 0 unspecified atom stereocenters. The summed E-state index contributed by atoms with van der Waals surface area (Å²) in [6.45, 7) is 0.697. The van der Waals surface area contributed by atoms with Gasteiger partial charge in [-0.15, -0.1) is 0 Å². The van der Waals surface area contributed by atoms with E-state index < -0.39 is 4.92 Å². The first-order valence-electron chi connectivity index (χ1n) is 5.90. The molecule has 0 heterocycles. The summed E-state index contributed by atoms with van der Waals surface area (Å²) in [7, 11) is 3.26. The number of hydrogen-bond acceptors (Lipinski definition) is 6. The number of nitrogens with one attached hydrogen (secondary N) is 3. The van der Waals surface area contributed by atoms with Crippen LogP contribution in [-0.2, 0) is 0 Å². The quantitative estimate of drug-likeness (QED) is 0.261. The number of amides is 2. The van der Waals surface area contributed by atoms with Crippen LogP contribution < -0.4 is 21.9 Å². The average molecular weight is 282 g/mol. The lowest BCUT2D eigenvalue weighted by Crippen LogP contribution is -2.37. The van der Waals surface area contributed by atoms with Crippen molar-refractivity contribution in [2.75, 3.05) is 37.9 Å². The van der Waals surface area contributed by atoms with Gasteiger partial charge < -0.3 is 21.0 Å². The van der Waals surface area contributed by atoms with Crippen LogP contribution in [-0.4, -0.2) is 43.0 Å². The highest BCUT2D eigenvalue weighted by molar-refractivity contribution is 5.76. The van der Waals surface area contributed by atoms with Gasteiger partial charge in [-0.05, 0) is 12.1 Å². The molecule has 0 aliphatic heterocycles. The first-order chi connectivity index (χ1) is 9.47. The van der Waals surface area contributed by atoms with Crippen molar-refractivity contribution < 1.29 is 9.72 Å². The summed E-state index contributed by atoms with van der Waals surface area (Å²) < 4.78 is 0. The largest absolute Gasteiger partial charge is 0.378 e. The molecule has 9 nitrogen and oxygen atoms in total. The summed E-state index contributed by atoms with van der Waals surface area (Å²) in [4.78, 5) is 23.2. The molecule has 110 valence electrons. The SMILES string of the molecule is CN(C)C(=O)NCCNc1cccc(NN)c1[N+](=O)[O-]. The lowest BCUT2D eigenvalue weighted by molar-refractivity contribution is -0.383. The van der Waals surface area contributed by atoms with Gasteiger partial charge in [-0.1, -0.05) is 6.07 Å². The highest BCUT2D eigenvalue weighted by Crippen LogP contribution is 2.31. The fourth-order valence-electron chi connectivity index (χ4n) is 1.52. The zero-order chi connectivity index (χ0) is 15.1. The van der Waals surface area contributed by atoms with E-state index >= 15 is 0 Å². The van der Waals surface area contributed by atoms with Gasteiger partial charge >= 0.3 is 11.7 Å². The van der Waals surface area contributed by atoms with Crippen LogP contribution in [0.1, 0.15) is 0 Å². The molecule has 0 saturated heterocycles. The van der Waals surface area contributed by atoms with Crippen LogP contribution in [0, 0.1) is 10.1 Å². The first-order valence-corrected chi connectivity index (χ1v) is 5.90. The Morgan fingerprint density at radius 2 is 2.00 bits per heavy atom. The van der Waals surface area contributed by atoms with Gasteiger partial charge in [0.05, 0.1) is 4.92 Å². The second-order valence-corrected chi connectivity index (χ2v) is 4.16. The molecule has 0 bridgehead atoms. The molecule has 0 spiro atoms. The lowest BCUT2D eigenvalue weighted by atomic mass is 10.2. The van der Waals surface area contributed by atoms with E-state index in [0.717, 1.165) is 0 Å². The van der Waals surface area contributed by atoms with Gasteiger partial charge in [0.15, 0.2) is 0 Å². The highest BCUT2D eigenvalue weighted by Gasteiger charge is 2.18. The van der Waals surface area contributed by atoms with E-state index in [4.69, 9.17) is 5.84 Å². The predicted molar refractivity (Wildman–Crippen MR) is 76.5 cm³/mol. The molecule has 2 amide bonds. The van der Waals surface area contributed by atoms with Crippen LogP contribution in [0.2, 0.25) is 0 Å².